The molecule has 1 unspecified atom stereocenters. The van der Waals surface area contributed by atoms with Crippen molar-refractivity contribution < 1.29 is 9.84 Å². The first-order valence-corrected chi connectivity index (χ1v) is 6.31. The van der Waals surface area contributed by atoms with Crippen LogP contribution in [-0.2, 0) is 6.54 Å². The number of hydrogen-bond acceptors (Lipinski definition) is 4. The summed E-state index contributed by atoms with van der Waals surface area (Å²) in [5.74, 6) is 0.628. The average molecular weight is 252 g/mol. The fourth-order valence-corrected chi connectivity index (χ4v) is 1.87. The number of hydrogen-bond donors (Lipinski definition) is 2. The monoisotopic (exact) mass is 252 g/mol. The Kier molecular flexibility index (Phi) is 5.56. The molecule has 2 N–H and O–H groups in total. The van der Waals surface area contributed by atoms with Gasteiger partial charge in [0.15, 0.2) is 0 Å². The van der Waals surface area contributed by atoms with Crippen molar-refractivity contribution in [2.45, 2.75) is 39.8 Å². The lowest BCUT2D eigenvalue weighted by Crippen LogP contribution is -2.40. The number of methoxy groups -OCH3 is 1. The van der Waals surface area contributed by atoms with Crippen molar-refractivity contribution in [1.82, 2.24) is 10.3 Å². The van der Waals surface area contributed by atoms with Crippen LogP contribution in [0.5, 0.6) is 5.88 Å². The molecule has 1 heterocycles. The molecule has 18 heavy (non-hydrogen) atoms. The molecule has 4 nitrogen and oxygen atoms in total. The first kappa shape index (κ1) is 14.9. The number of aliphatic hydroxyl groups excluding tert-OH is 1. The summed E-state index contributed by atoms with van der Waals surface area (Å²) in [6, 6.07) is 5.99. The second-order valence-electron chi connectivity index (χ2n) is 5.48. The van der Waals surface area contributed by atoms with Gasteiger partial charge >= 0.3 is 0 Å². The third-order valence-corrected chi connectivity index (χ3v) is 2.98. The van der Waals surface area contributed by atoms with Gasteiger partial charge < -0.3 is 15.2 Å². The molecule has 0 aromatic carbocycles. The highest BCUT2D eigenvalue weighted by molar-refractivity contribution is 5.15. The largest absolute Gasteiger partial charge is 0.481 e. The van der Waals surface area contributed by atoms with E-state index < -0.39 is 0 Å². The quantitative estimate of drug-likeness (QED) is 0.813. The Balaban J connectivity index is 2.61. The Morgan fingerprint density at radius 1 is 1.39 bits per heavy atom. The summed E-state index contributed by atoms with van der Waals surface area (Å²) in [7, 11) is 1.61. The van der Waals surface area contributed by atoms with E-state index >= 15 is 0 Å². The van der Waals surface area contributed by atoms with Gasteiger partial charge in [0.05, 0.1) is 12.8 Å². The number of pyridine rings is 1. The third-order valence-electron chi connectivity index (χ3n) is 2.98. The van der Waals surface area contributed by atoms with Crippen LogP contribution < -0.4 is 10.1 Å². The molecule has 0 bridgehead atoms. The summed E-state index contributed by atoms with van der Waals surface area (Å²) in [5, 5.41) is 12.6. The van der Waals surface area contributed by atoms with Crippen LogP contribution in [0.3, 0.4) is 0 Å². The molecule has 1 aromatic heterocycles. The zero-order valence-corrected chi connectivity index (χ0v) is 11.7. The highest BCUT2D eigenvalue weighted by atomic mass is 16.5. The first-order valence-electron chi connectivity index (χ1n) is 6.31. The molecular formula is C14H24N2O2. The van der Waals surface area contributed by atoms with Crippen LogP contribution in [0.25, 0.3) is 0 Å². The smallest absolute Gasteiger partial charge is 0.213 e. The Hall–Kier alpha value is -1.13. The molecule has 0 radical (unpaired) electrons. The minimum atomic E-state index is 0.113. The van der Waals surface area contributed by atoms with E-state index in [1.807, 2.05) is 18.2 Å². The summed E-state index contributed by atoms with van der Waals surface area (Å²) >= 11 is 0. The van der Waals surface area contributed by atoms with Crippen LogP contribution in [0.15, 0.2) is 18.2 Å². The van der Waals surface area contributed by atoms with Crippen molar-refractivity contribution in [3.05, 3.63) is 23.9 Å². The van der Waals surface area contributed by atoms with Crippen molar-refractivity contribution in [3.8, 4) is 5.88 Å². The zero-order valence-electron chi connectivity index (χ0n) is 11.7. The van der Waals surface area contributed by atoms with E-state index in [1.165, 1.54) is 0 Å². The molecule has 102 valence electrons. The number of rotatable bonds is 6. The molecule has 4 heteroatoms. The van der Waals surface area contributed by atoms with E-state index in [1.54, 1.807) is 7.11 Å². The molecular weight excluding hydrogens is 228 g/mol. The molecule has 0 fully saturated rings. The molecule has 0 aliphatic carbocycles. The van der Waals surface area contributed by atoms with Crippen LogP contribution in [-0.4, -0.2) is 29.8 Å². The number of aromatic nitrogens is 1. The second-order valence-corrected chi connectivity index (χ2v) is 5.48. The van der Waals surface area contributed by atoms with Crippen LogP contribution in [0, 0.1) is 5.41 Å². The topological polar surface area (TPSA) is 54.4 Å². The molecule has 0 aliphatic heterocycles. The highest BCUT2D eigenvalue weighted by Gasteiger charge is 2.23. The maximum atomic E-state index is 9.10. The zero-order chi connectivity index (χ0) is 13.6. The van der Waals surface area contributed by atoms with Gasteiger partial charge in [-0.2, -0.15) is 0 Å². The van der Waals surface area contributed by atoms with E-state index in [0.717, 1.165) is 12.1 Å². The number of aliphatic hydroxyl groups is 1. The lowest BCUT2D eigenvalue weighted by molar-refractivity contribution is 0.196. The molecule has 0 spiro atoms. The molecule has 1 rings (SSSR count). The predicted molar refractivity (Wildman–Crippen MR) is 72.6 cm³/mol. The van der Waals surface area contributed by atoms with Crippen molar-refractivity contribution in [2.75, 3.05) is 13.7 Å². The van der Waals surface area contributed by atoms with E-state index in [4.69, 9.17) is 9.84 Å². The summed E-state index contributed by atoms with van der Waals surface area (Å²) in [4.78, 5) is 4.36. The van der Waals surface area contributed by atoms with Gasteiger partial charge in [-0.15, -0.1) is 0 Å². The van der Waals surface area contributed by atoms with E-state index in [2.05, 4.69) is 31.1 Å². The van der Waals surface area contributed by atoms with Gasteiger partial charge in [-0.3, -0.25) is 0 Å². The van der Waals surface area contributed by atoms with Gasteiger partial charge in [0.2, 0.25) is 5.88 Å². The minimum Gasteiger partial charge on any atom is -0.481 e. The normalized spacial score (nSPS) is 13.4. The van der Waals surface area contributed by atoms with Gasteiger partial charge in [-0.05, 0) is 17.9 Å². The van der Waals surface area contributed by atoms with Crippen LogP contribution in [0.1, 0.15) is 32.9 Å². The molecule has 0 saturated heterocycles. The standard InChI is InChI=1S/C14H24N2O2/c1-14(2,3)12(8-9-17)15-10-11-6-5-7-13(16-11)18-4/h5-7,12,15,17H,8-10H2,1-4H3. The van der Waals surface area contributed by atoms with Gasteiger partial charge in [0.1, 0.15) is 0 Å². The fourth-order valence-electron chi connectivity index (χ4n) is 1.87. The Labute approximate surface area is 109 Å². The average Bonchev–Trinajstić information content (AvgIpc) is 2.33. The summed E-state index contributed by atoms with van der Waals surface area (Å²) in [6.45, 7) is 7.37. The molecule has 0 amide bonds. The molecule has 1 atom stereocenters. The van der Waals surface area contributed by atoms with Crippen molar-refractivity contribution in [3.63, 3.8) is 0 Å². The van der Waals surface area contributed by atoms with E-state index in [9.17, 15) is 0 Å². The van der Waals surface area contributed by atoms with Crippen LogP contribution in [0.2, 0.25) is 0 Å². The molecule has 0 aliphatic rings. The van der Waals surface area contributed by atoms with Crippen molar-refractivity contribution in [2.24, 2.45) is 5.41 Å². The minimum absolute atomic E-state index is 0.113. The Morgan fingerprint density at radius 3 is 2.67 bits per heavy atom. The fraction of sp³-hybridized carbons (Fsp3) is 0.643. The Morgan fingerprint density at radius 2 is 2.11 bits per heavy atom. The maximum absolute atomic E-state index is 9.10. The Bertz CT molecular complexity index is 361. The van der Waals surface area contributed by atoms with Gasteiger partial charge in [0.25, 0.3) is 0 Å². The van der Waals surface area contributed by atoms with Gasteiger partial charge in [0, 0.05) is 25.3 Å². The third kappa shape index (κ3) is 4.63. The van der Waals surface area contributed by atoms with E-state index in [0.29, 0.717) is 12.4 Å². The van der Waals surface area contributed by atoms with Gasteiger partial charge in [-0.1, -0.05) is 26.8 Å². The predicted octanol–water partition coefficient (Wildman–Crippen LogP) is 1.98. The first-order chi connectivity index (χ1) is 8.47. The van der Waals surface area contributed by atoms with Gasteiger partial charge in [-0.25, -0.2) is 4.98 Å². The van der Waals surface area contributed by atoms with Crippen molar-refractivity contribution >= 4 is 0 Å². The molecule has 1 aromatic rings. The highest BCUT2D eigenvalue weighted by Crippen LogP contribution is 2.22. The summed E-state index contributed by atoms with van der Waals surface area (Å²) in [6.07, 6.45) is 0.744. The van der Waals surface area contributed by atoms with E-state index in [-0.39, 0.29) is 18.1 Å². The maximum Gasteiger partial charge on any atom is 0.213 e. The summed E-state index contributed by atoms with van der Waals surface area (Å²) in [5.41, 5.74) is 1.06. The molecule has 0 saturated carbocycles. The lowest BCUT2D eigenvalue weighted by atomic mass is 9.85. The second kappa shape index (κ2) is 6.71. The van der Waals surface area contributed by atoms with Crippen LogP contribution in [0.4, 0.5) is 0 Å². The number of nitrogens with zero attached hydrogens (tertiary/aromatic N) is 1. The summed E-state index contributed by atoms with van der Waals surface area (Å²) < 4.78 is 5.10. The number of nitrogens with one attached hydrogen (secondary N) is 1. The number of ether oxygens (including phenoxy) is 1. The van der Waals surface area contributed by atoms with Crippen molar-refractivity contribution in [1.29, 1.82) is 0 Å². The SMILES string of the molecule is COc1cccc(CNC(CCO)C(C)(C)C)n1. The van der Waals surface area contributed by atoms with Crippen LogP contribution >= 0.6 is 0 Å². The lowest BCUT2D eigenvalue weighted by Gasteiger charge is -2.31.